The minimum absolute atomic E-state index is 0.151. The van der Waals surface area contributed by atoms with Gasteiger partial charge in [0.15, 0.2) is 12.4 Å². The van der Waals surface area contributed by atoms with Gasteiger partial charge in [0.05, 0.1) is 11.6 Å². The molecule has 2 aromatic rings. The molecular weight excluding hydrogens is 327 g/mol. The van der Waals surface area contributed by atoms with E-state index in [1.54, 1.807) is 31.4 Å². The Morgan fingerprint density at radius 2 is 2.05 bits per heavy atom. The highest BCUT2D eigenvalue weighted by Gasteiger charge is 2.10. The van der Waals surface area contributed by atoms with E-state index in [4.69, 9.17) is 9.47 Å². The normalized spacial score (nSPS) is 10.2. The molecule has 2 aromatic carbocycles. The smallest absolute Gasteiger partial charge is 0.200 e. The highest BCUT2D eigenvalue weighted by Crippen LogP contribution is 2.25. The van der Waals surface area contributed by atoms with E-state index in [-0.39, 0.29) is 12.4 Å². The van der Waals surface area contributed by atoms with Gasteiger partial charge in [0.25, 0.3) is 0 Å². The molecule has 104 valence electrons. The van der Waals surface area contributed by atoms with Crippen LogP contribution in [-0.4, -0.2) is 19.5 Å². The molecular formula is C15H12BrFO3. The summed E-state index contributed by atoms with van der Waals surface area (Å²) < 4.78 is 24.0. The van der Waals surface area contributed by atoms with Gasteiger partial charge in [0, 0.05) is 11.6 Å². The van der Waals surface area contributed by atoms with Crippen molar-refractivity contribution in [2.24, 2.45) is 0 Å². The van der Waals surface area contributed by atoms with Crippen LogP contribution in [-0.2, 0) is 0 Å². The molecule has 0 aliphatic rings. The minimum atomic E-state index is -0.401. The number of ketones is 1. The summed E-state index contributed by atoms with van der Waals surface area (Å²) in [7, 11) is 1.55. The van der Waals surface area contributed by atoms with Gasteiger partial charge in [-0.05, 0) is 46.3 Å². The van der Waals surface area contributed by atoms with E-state index in [1.165, 1.54) is 18.2 Å². The van der Waals surface area contributed by atoms with Crippen LogP contribution in [0.5, 0.6) is 11.5 Å². The summed E-state index contributed by atoms with van der Waals surface area (Å²) in [6, 6.07) is 10.7. The fraction of sp³-hybridized carbons (Fsp3) is 0.133. The Balaban J connectivity index is 2.03. The Morgan fingerprint density at radius 3 is 2.70 bits per heavy atom. The third kappa shape index (κ3) is 3.57. The van der Waals surface area contributed by atoms with Crippen molar-refractivity contribution in [3.63, 3.8) is 0 Å². The molecule has 0 N–H and O–H groups in total. The molecule has 0 saturated carbocycles. The molecule has 0 radical (unpaired) electrons. The summed E-state index contributed by atoms with van der Waals surface area (Å²) in [6.07, 6.45) is 0. The van der Waals surface area contributed by atoms with E-state index < -0.39 is 5.82 Å². The van der Waals surface area contributed by atoms with E-state index in [0.717, 1.165) is 0 Å². The van der Waals surface area contributed by atoms with Gasteiger partial charge < -0.3 is 9.47 Å². The van der Waals surface area contributed by atoms with Crippen molar-refractivity contribution in [3.05, 3.63) is 58.3 Å². The van der Waals surface area contributed by atoms with Crippen molar-refractivity contribution >= 4 is 21.7 Å². The van der Waals surface area contributed by atoms with Gasteiger partial charge in [-0.25, -0.2) is 4.39 Å². The lowest BCUT2D eigenvalue weighted by molar-refractivity contribution is 0.0921. The zero-order chi connectivity index (χ0) is 14.5. The van der Waals surface area contributed by atoms with Crippen LogP contribution in [0.25, 0.3) is 0 Å². The number of carbonyl (C=O) groups is 1. The molecule has 0 amide bonds. The highest BCUT2D eigenvalue weighted by atomic mass is 79.9. The predicted octanol–water partition coefficient (Wildman–Crippen LogP) is 3.86. The SMILES string of the molecule is COc1ccc(C(=O)COc2cccc(F)c2)cc1Br. The van der Waals surface area contributed by atoms with Gasteiger partial charge in [-0.2, -0.15) is 0 Å². The van der Waals surface area contributed by atoms with Crippen LogP contribution >= 0.6 is 15.9 Å². The van der Waals surface area contributed by atoms with E-state index >= 15 is 0 Å². The quantitative estimate of drug-likeness (QED) is 0.776. The first-order chi connectivity index (χ1) is 9.60. The van der Waals surface area contributed by atoms with Crippen LogP contribution in [0.4, 0.5) is 4.39 Å². The van der Waals surface area contributed by atoms with E-state index in [1.807, 2.05) is 0 Å². The monoisotopic (exact) mass is 338 g/mol. The summed E-state index contributed by atoms with van der Waals surface area (Å²) in [5.74, 6) is 0.373. The van der Waals surface area contributed by atoms with Gasteiger partial charge in [-0.3, -0.25) is 4.79 Å². The molecule has 5 heteroatoms. The molecule has 0 aromatic heterocycles. The average molecular weight is 339 g/mol. The van der Waals surface area contributed by atoms with Crippen LogP contribution in [0, 0.1) is 5.82 Å². The molecule has 3 nitrogen and oxygen atoms in total. The van der Waals surface area contributed by atoms with Crippen molar-refractivity contribution < 1.29 is 18.7 Å². The maximum atomic E-state index is 13.0. The van der Waals surface area contributed by atoms with E-state index in [9.17, 15) is 9.18 Å². The number of Topliss-reactive ketones (excluding diaryl/α,β-unsaturated/α-hetero) is 1. The van der Waals surface area contributed by atoms with Gasteiger partial charge in [-0.15, -0.1) is 0 Å². The van der Waals surface area contributed by atoms with Crippen LogP contribution in [0.1, 0.15) is 10.4 Å². The van der Waals surface area contributed by atoms with Crippen molar-refractivity contribution in [1.29, 1.82) is 0 Å². The first-order valence-electron chi connectivity index (χ1n) is 5.85. The third-order valence-corrected chi connectivity index (χ3v) is 3.26. The second kappa shape index (κ2) is 6.52. The van der Waals surface area contributed by atoms with Crippen LogP contribution < -0.4 is 9.47 Å². The molecule has 20 heavy (non-hydrogen) atoms. The summed E-state index contributed by atoms with van der Waals surface area (Å²) in [4.78, 5) is 12.0. The van der Waals surface area contributed by atoms with Gasteiger partial charge in [0.2, 0.25) is 0 Å². The standard InChI is InChI=1S/C15H12BrFO3/c1-19-15-6-5-10(7-13(15)16)14(18)9-20-12-4-2-3-11(17)8-12/h2-8H,9H2,1H3. The molecule has 0 spiro atoms. The first-order valence-corrected chi connectivity index (χ1v) is 6.64. The molecule has 2 rings (SSSR count). The lowest BCUT2D eigenvalue weighted by Gasteiger charge is -2.07. The predicted molar refractivity (Wildman–Crippen MR) is 76.9 cm³/mol. The summed E-state index contributed by atoms with van der Waals surface area (Å²) in [5.41, 5.74) is 0.495. The van der Waals surface area contributed by atoms with Crippen molar-refractivity contribution in [1.82, 2.24) is 0 Å². The number of carbonyl (C=O) groups excluding carboxylic acids is 1. The van der Waals surface area contributed by atoms with E-state index in [0.29, 0.717) is 21.5 Å². The maximum absolute atomic E-state index is 13.0. The molecule has 0 bridgehead atoms. The molecule has 0 atom stereocenters. The molecule has 0 unspecified atom stereocenters. The second-order valence-corrected chi connectivity index (χ2v) is 4.87. The Kier molecular flexibility index (Phi) is 4.74. The van der Waals surface area contributed by atoms with Crippen molar-refractivity contribution in [2.45, 2.75) is 0 Å². The highest BCUT2D eigenvalue weighted by molar-refractivity contribution is 9.10. The van der Waals surface area contributed by atoms with Crippen LogP contribution in [0.2, 0.25) is 0 Å². The number of hydrogen-bond donors (Lipinski definition) is 0. The van der Waals surface area contributed by atoms with Crippen LogP contribution in [0.15, 0.2) is 46.9 Å². The maximum Gasteiger partial charge on any atom is 0.200 e. The molecule has 0 aliphatic carbocycles. The summed E-state index contributed by atoms with van der Waals surface area (Å²) >= 11 is 3.31. The van der Waals surface area contributed by atoms with E-state index in [2.05, 4.69) is 15.9 Å². The second-order valence-electron chi connectivity index (χ2n) is 4.02. The first kappa shape index (κ1) is 14.5. The van der Waals surface area contributed by atoms with Gasteiger partial charge in [-0.1, -0.05) is 6.07 Å². The number of methoxy groups -OCH3 is 1. The Bertz CT molecular complexity index is 628. The topological polar surface area (TPSA) is 35.5 Å². The van der Waals surface area contributed by atoms with Crippen LogP contribution in [0.3, 0.4) is 0 Å². The van der Waals surface area contributed by atoms with Crippen molar-refractivity contribution in [3.8, 4) is 11.5 Å². The minimum Gasteiger partial charge on any atom is -0.496 e. The fourth-order valence-corrected chi connectivity index (χ4v) is 2.17. The molecule has 0 saturated heterocycles. The number of rotatable bonds is 5. The number of halogens is 2. The zero-order valence-electron chi connectivity index (χ0n) is 10.7. The number of benzene rings is 2. The average Bonchev–Trinajstić information content (AvgIpc) is 2.44. The third-order valence-electron chi connectivity index (χ3n) is 2.64. The Hall–Kier alpha value is -1.88. The van der Waals surface area contributed by atoms with Gasteiger partial charge in [0.1, 0.15) is 17.3 Å². The van der Waals surface area contributed by atoms with Crippen molar-refractivity contribution in [2.75, 3.05) is 13.7 Å². The van der Waals surface area contributed by atoms with Gasteiger partial charge >= 0.3 is 0 Å². The molecule has 0 heterocycles. The largest absolute Gasteiger partial charge is 0.496 e. The Labute approximate surface area is 124 Å². The lowest BCUT2D eigenvalue weighted by atomic mass is 10.1. The molecule has 0 fully saturated rings. The fourth-order valence-electron chi connectivity index (χ4n) is 1.63. The summed E-state index contributed by atoms with van der Waals surface area (Å²) in [5, 5.41) is 0. The Morgan fingerprint density at radius 1 is 1.25 bits per heavy atom. The summed E-state index contributed by atoms with van der Waals surface area (Å²) in [6.45, 7) is -0.151. The number of ether oxygens (including phenoxy) is 2. The number of hydrogen-bond acceptors (Lipinski definition) is 3. The zero-order valence-corrected chi connectivity index (χ0v) is 12.3. The lowest BCUT2D eigenvalue weighted by Crippen LogP contribution is -2.11. The molecule has 0 aliphatic heterocycles.